The van der Waals surface area contributed by atoms with Crippen molar-refractivity contribution in [2.45, 2.75) is 33.6 Å². The van der Waals surface area contributed by atoms with Gasteiger partial charge >= 0.3 is 0 Å². The molecule has 3 rings (SSSR count). The van der Waals surface area contributed by atoms with Gasteiger partial charge in [-0.15, -0.1) is 0 Å². The van der Waals surface area contributed by atoms with Crippen molar-refractivity contribution < 1.29 is 9.59 Å². The van der Waals surface area contributed by atoms with Crippen LogP contribution in [0, 0.1) is 13.8 Å². The van der Waals surface area contributed by atoms with Crippen molar-refractivity contribution in [1.29, 1.82) is 0 Å². The minimum atomic E-state index is -0.237. The number of fused-ring (bicyclic) bond motifs is 1. The number of aryl methyl sites for hydroxylation is 2. The molecule has 2 aromatic carbocycles. The van der Waals surface area contributed by atoms with Crippen LogP contribution in [0.15, 0.2) is 42.5 Å². The van der Waals surface area contributed by atoms with Crippen LogP contribution in [0.4, 0.5) is 5.69 Å². The molecule has 0 unspecified atom stereocenters. The van der Waals surface area contributed by atoms with E-state index in [1.807, 2.05) is 45.0 Å². The quantitative estimate of drug-likeness (QED) is 0.612. The Morgan fingerprint density at radius 2 is 1.86 bits per heavy atom. The van der Waals surface area contributed by atoms with Crippen molar-refractivity contribution in [3.63, 3.8) is 0 Å². The fraction of sp³-hybridized carbons (Fsp3) is 0.261. The van der Waals surface area contributed by atoms with E-state index in [2.05, 4.69) is 15.6 Å². The highest BCUT2D eigenvalue weighted by Crippen LogP contribution is 2.25. The lowest BCUT2D eigenvalue weighted by molar-refractivity contribution is -0.115. The van der Waals surface area contributed by atoms with Crippen LogP contribution in [-0.2, 0) is 11.2 Å². The normalized spacial score (nSPS) is 10.8. The van der Waals surface area contributed by atoms with Crippen molar-refractivity contribution in [3.05, 3.63) is 69.9 Å². The number of nitrogens with zero attached hydrogens (tertiary/aromatic N) is 1. The number of amides is 2. The summed E-state index contributed by atoms with van der Waals surface area (Å²) in [5.74, 6) is -0.460. The van der Waals surface area contributed by atoms with Crippen LogP contribution in [0.1, 0.15) is 40.5 Å². The van der Waals surface area contributed by atoms with Gasteiger partial charge in [0.1, 0.15) is 0 Å². The molecule has 1 heterocycles. The monoisotopic (exact) mass is 409 g/mol. The van der Waals surface area contributed by atoms with Gasteiger partial charge in [0.2, 0.25) is 5.91 Å². The van der Waals surface area contributed by atoms with Gasteiger partial charge in [-0.3, -0.25) is 14.6 Å². The largest absolute Gasteiger partial charge is 0.352 e. The molecule has 3 aromatic rings. The van der Waals surface area contributed by atoms with E-state index in [0.29, 0.717) is 22.8 Å². The number of rotatable bonds is 6. The predicted molar refractivity (Wildman–Crippen MR) is 118 cm³/mol. The van der Waals surface area contributed by atoms with Crippen molar-refractivity contribution in [2.75, 3.05) is 11.9 Å². The number of anilines is 1. The SMILES string of the molecule is CCCNC(=O)c1ccc(Cl)cc1NC(=O)Cc1c(C)nc2ccccc2c1C. The van der Waals surface area contributed by atoms with Gasteiger partial charge in [0.25, 0.3) is 5.91 Å². The maximum Gasteiger partial charge on any atom is 0.253 e. The lowest BCUT2D eigenvalue weighted by Gasteiger charge is -2.14. The number of nitrogens with one attached hydrogen (secondary N) is 2. The van der Waals surface area contributed by atoms with Gasteiger partial charge in [-0.25, -0.2) is 0 Å². The second kappa shape index (κ2) is 9.05. The Morgan fingerprint density at radius 1 is 1.10 bits per heavy atom. The van der Waals surface area contributed by atoms with E-state index in [4.69, 9.17) is 11.6 Å². The Hall–Kier alpha value is -2.92. The van der Waals surface area contributed by atoms with Crippen molar-refractivity contribution in [3.8, 4) is 0 Å². The molecule has 6 heteroatoms. The summed E-state index contributed by atoms with van der Waals surface area (Å²) in [4.78, 5) is 29.8. The molecule has 0 fully saturated rings. The molecule has 0 saturated heterocycles. The molecule has 29 heavy (non-hydrogen) atoms. The van der Waals surface area contributed by atoms with Gasteiger partial charge in [0.05, 0.1) is 23.2 Å². The highest BCUT2D eigenvalue weighted by molar-refractivity contribution is 6.31. The third-order valence-corrected chi connectivity index (χ3v) is 5.09. The van der Waals surface area contributed by atoms with Crippen LogP contribution in [-0.4, -0.2) is 23.3 Å². The van der Waals surface area contributed by atoms with Gasteiger partial charge in [0.15, 0.2) is 0 Å². The fourth-order valence-corrected chi connectivity index (χ4v) is 3.51. The molecule has 0 bridgehead atoms. The molecule has 0 spiro atoms. The van der Waals surface area contributed by atoms with Crippen LogP contribution in [0.5, 0.6) is 0 Å². The van der Waals surface area contributed by atoms with E-state index in [1.54, 1.807) is 18.2 Å². The number of aromatic nitrogens is 1. The zero-order valence-corrected chi connectivity index (χ0v) is 17.6. The first-order valence-electron chi connectivity index (χ1n) is 9.63. The van der Waals surface area contributed by atoms with Crippen molar-refractivity contribution in [2.24, 2.45) is 0 Å². The molecule has 150 valence electrons. The number of halogens is 1. The number of benzene rings is 2. The average molecular weight is 410 g/mol. The summed E-state index contributed by atoms with van der Waals surface area (Å²) in [6, 6.07) is 12.7. The zero-order valence-electron chi connectivity index (χ0n) is 16.8. The Kier molecular flexibility index (Phi) is 6.49. The minimum Gasteiger partial charge on any atom is -0.352 e. The van der Waals surface area contributed by atoms with Crippen LogP contribution < -0.4 is 10.6 Å². The highest BCUT2D eigenvalue weighted by atomic mass is 35.5. The summed E-state index contributed by atoms with van der Waals surface area (Å²) in [5.41, 5.74) is 4.46. The lowest BCUT2D eigenvalue weighted by atomic mass is 9.99. The summed E-state index contributed by atoms with van der Waals surface area (Å²) >= 11 is 6.09. The standard InChI is InChI=1S/C23H24ClN3O2/c1-4-11-25-23(29)18-10-9-16(24)12-21(18)27-22(28)13-19-14(2)17-7-5-6-8-20(17)26-15(19)3/h5-10,12H,4,11,13H2,1-3H3,(H,25,29)(H,27,28). The molecule has 1 aromatic heterocycles. The average Bonchev–Trinajstić information content (AvgIpc) is 2.69. The Bertz CT molecular complexity index is 1080. The number of pyridine rings is 1. The van der Waals surface area contributed by atoms with E-state index in [9.17, 15) is 9.59 Å². The number of para-hydroxylation sites is 1. The zero-order chi connectivity index (χ0) is 21.0. The molecule has 0 aliphatic rings. The van der Waals surface area contributed by atoms with Crippen molar-refractivity contribution >= 4 is 40.0 Å². The Morgan fingerprint density at radius 3 is 2.62 bits per heavy atom. The maximum absolute atomic E-state index is 12.8. The first-order valence-corrected chi connectivity index (χ1v) is 10.0. The summed E-state index contributed by atoms with van der Waals surface area (Å²) in [7, 11) is 0. The van der Waals surface area contributed by atoms with Crippen molar-refractivity contribution in [1.82, 2.24) is 10.3 Å². The molecular formula is C23H24ClN3O2. The molecule has 0 radical (unpaired) electrons. The molecule has 5 nitrogen and oxygen atoms in total. The first kappa shape index (κ1) is 20.8. The van der Waals surface area contributed by atoms with E-state index < -0.39 is 0 Å². The Labute approximate surface area is 175 Å². The van der Waals surface area contributed by atoms with Gasteiger partial charge < -0.3 is 10.6 Å². The maximum atomic E-state index is 12.8. The van der Waals surface area contributed by atoms with Crippen LogP contribution in [0.25, 0.3) is 10.9 Å². The van der Waals surface area contributed by atoms with Gasteiger partial charge in [-0.05, 0) is 55.7 Å². The van der Waals surface area contributed by atoms with Crippen LogP contribution in [0.3, 0.4) is 0 Å². The second-order valence-corrected chi connectivity index (χ2v) is 7.43. The molecular weight excluding hydrogens is 386 g/mol. The van der Waals surface area contributed by atoms with Gasteiger partial charge in [-0.2, -0.15) is 0 Å². The molecule has 0 aliphatic heterocycles. The minimum absolute atomic E-state index is 0.165. The summed E-state index contributed by atoms with van der Waals surface area (Å²) < 4.78 is 0. The predicted octanol–water partition coefficient (Wildman–Crippen LogP) is 4.83. The number of hydrogen-bond acceptors (Lipinski definition) is 3. The third-order valence-electron chi connectivity index (χ3n) is 4.86. The molecule has 0 aliphatic carbocycles. The summed E-state index contributed by atoms with van der Waals surface area (Å²) in [6.45, 7) is 6.46. The van der Waals surface area contributed by atoms with E-state index in [-0.39, 0.29) is 18.2 Å². The molecule has 0 atom stereocenters. The summed E-state index contributed by atoms with van der Waals surface area (Å²) in [6.07, 6.45) is 0.993. The van der Waals surface area contributed by atoms with E-state index >= 15 is 0 Å². The fourth-order valence-electron chi connectivity index (χ4n) is 3.34. The molecule has 2 N–H and O–H groups in total. The summed E-state index contributed by atoms with van der Waals surface area (Å²) in [5, 5.41) is 7.16. The smallest absolute Gasteiger partial charge is 0.253 e. The number of carbonyl (C=O) groups is 2. The highest BCUT2D eigenvalue weighted by Gasteiger charge is 2.17. The number of carbonyl (C=O) groups excluding carboxylic acids is 2. The second-order valence-electron chi connectivity index (χ2n) is 6.99. The van der Waals surface area contributed by atoms with Crippen LogP contribution >= 0.6 is 11.6 Å². The van der Waals surface area contributed by atoms with E-state index in [0.717, 1.165) is 34.1 Å². The van der Waals surface area contributed by atoms with Crippen LogP contribution in [0.2, 0.25) is 5.02 Å². The lowest BCUT2D eigenvalue weighted by Crippen LogP contribution is -2.26. The van der Waals surface area contributed by atoms with Gasteiger partial charge in [0, 0.05) is 22.6 Å². The third kappa shape index (κ3) is 4.74. The first-order chi connectivity index (χ1) is 13.9. The Balaban J connectivity index is 1.86. The molecule has 2 amide bonds. The molecule has 0 saturated carbocycles. The topological polar surface area (TPSA) is 71.1 Å². The van der Waals surface area contributed by atoms with Gasteiger partial charge in [-0.1, -0.05) is 36.7 Å². The number of hydrogen-bond donors (Lipinski definition) is 2. The van der Waals surface area contributed by atoms with E-state index in [1.165, 1.54) is 0 Å².